The molecule has 4 aromatic carbocycles. The highest BCUT2D eigenvalue weighted by atomic mass is 16.5. The molecule has 4 heterocycles. The van der Waals surface area contributed by atoms with Gasteiger partial charge in [-0.15, -0.1) is 0 Å². The van der Waals surface area contributed by atoms with Crippen LogP contribution in [0.3, 0.4) is 0 Å². The lowest BCUT2D eigenvalue weighted by atomic mass is 9.96. The molecule has 1 fully saturated rings. The van der Waals surface area contributed by atoms with E-state index in [0.717, 1.165) is 88.5 Å². The van der Waals surface area contributed by atoms with Crippen LogP contribution < -0.4 is 14.8 Å². The summed E-state index contributed by atoms with van der Waals surface area (Å²) >= 11 is 0. The van der Waals surface area contributed by atoms with Gasteiger partial charge in [0.1, 0.15) is 18.2 Å². The lowest BCUT2D eigenvalue weighted by Crippen LogP contribution is -2.31. The average Bonchev–Trinajstić information content (AvgIpc) is 3.46. The molecule has 50 heavy (non-hydrogen) atoms. The largest absolute Gasteiger partial charge is 0.493 e. The molecule has 2 aromatic heterocycles. The fourth-order valence-corrected chi connectivity index (χ4v) is 6.81. The molecular weight excluding hydrogens is 624 g/mol. The van der Waals surface area contributed by atoms with Crippen molar-refractivity contribution in [3.63, 3.8) is 0 Å². The van der Waals surface area contributed by atoms with E-state index in [0.29, 0.717) is 31.1 Å². The van der Waals surface area contributed by atoms with Gasteiger partial charge in [0, 0.05) is 42.8 Å². The second kappa shape index (κ2) is 13.8. The molecule has 1 unspecified atom stereocenters. The number of aryl methyl sites for hydroxylation is 2. The Morgan fingerprint density at radius 2 is 1.70 bits per heavy atom. The smallest absolute Gasteiger partial charge is 0.251 e. The number of ether oxygens (including phenoxy) is 3. The molecule has 2 aliphatic heterocycles. The minimum atomic E-state index is -0.0960. The van der Waals surface area contributed by atoms with Crippen molar-refractivity contribution in [1.82, 2.24) is 19.9 Å². The molecule has 252 valence electrons. The number of imidazole rings is 1. The third-order valence-corrected chi connectivity index (χ3v) is 9.73. The third kappa shape index (κ3) is 6.59. The summed E-state index contributed by atoms with van der Waals surface area (Å²) in [6.07, 6.45) is 3.57. The Bertz CT molecular complexity index is 2190. The van der Waals surface area contributed by atoms with Crippen LogP contribution in [0.25, 0.3) is 33.4 Å². The number of nitrogens with one attached hydrogen (secondary N) is 1. The highest BCUT2D eigenvalue weighted by molar-refractivity contribution is 5.94. The molecule has 8 heteroatoms. The van der Waals surface area contributed by atoms with Gasteiger partial charge in [0.2, 0.25) is 5.88 Å². The van der Waals surface area contributed by atoms with Crippen LogP contribution in [0.2, 0.25) is 0 Å². The number of fused-ring (bicyclic) bond motifs is 7. The van der Waals surface area contributed by atoms with E-state index in [1.165, 1.54) is 11.1 Å². The molecule has 0 saturated carbocycles. The van der Waals surface area contributed by atoms with Crippen LogP contribution in [0.5, 0.6) is 11.6 Å². The summed E-state index contributed by atoms with van der Waals surface area (Å²) in [6, 6.07) is 32.9. The van der Waals surface area contributed by atoms with E-state index in [2.05, 4.69) is 71.4 Å². The summed E-state index contributed by atoms with van der Waals surface area (Å²) in [5.41, 5.74) is 11.3. The zero-order chi connectivity index (χ0) is 34.0. The van der Waals surface area contributed by atoms with Crippen LogP contribution in [-0.2, 0) is 30.7 Å². The Morgan fingerprint density at radius 1 is 0.860 bits per heavy atom. The predicted octanol–water partition coefficient (Wildman–Crippen LogP) is 7.72. The number of amides is 1. The molecular formula is C42H40N4O4. The van der Waals surface area contributed by atoms with E-state index >= 15 is 0 Å². The number of hydrogen-bond donors (Lipinski definition) is 1. The van der Waals surface area contributed by atoms with E-state index in [4.69, 9.17) is 24.2 Å². The Kier molecular flexibility index (Phi) is 8.77. The minimum Gasteiger partial charge on any atom is -0.493 e. The summed E-state index contributed by atoms with van der Waals surface area (Å²) < 4.78 is 21.1. The summed E-state index contributed by atoms with van der Waals surface area (Å²) in [5, 5.41) is 2.69. The van der Waals surface area contributed by atoms with Gasteiger partial charge in [0.15, 0.2) is 0 Å². The van der Waals surface area contributed by atoms with Gasteiger partial charge >= 0.3 is 0 Å². The van der Waals surface area contributed by atoms with Gasteiger partial charge in [-0.3, -0.25) is 4.79 Å². The number of benzene rings is 4. The first-order valence-corrected chi connectivity index (χ1v) is 17.4. The van der Waals surface area contributed by atoms with Crippen molar-refractivity contribution in [2.75, 3.05) is 20.3 Å². The van der Waals surface area contributed by atoms with Crippen LogP contribution in [-0.4, -0.2) is 46.8 Å². The number of carbonyl (C=O) groups excluding carboxylic acids is 1. The number of rotatable bonds is 6. The molecule has 0 spiro atoms. The SMILES string of the molecule is CNC(=O)c1ccc(-c2ccc3c(c2)CCCOc2cc(ccc2Cc2nc4ccc(C)cc4n2CC2CCO2)-c2cccc(n2)OC3)cc1. The van der Waals surface area contributed by atoms with Crippen LogP contribution in [0.1, 0.15) is 51.3 Å². The van der Waals surface area contributed by atoms with Crippen molar-refractivity contribution in [3.05, 3.63) is 131 Å². The molecule has 8 nitrogen and oxygen atoms in total. The first kappa shape index (κ1) is 31.8. The van der Waals surface area contributed by atoms with Gasteiger partial charge < -0.3 is 24.1 Å². The molecule has 8 rings (SSSR count). The zero-order valence-electron chi connectivity index (χ0n) is 28.4. The number of carbonyl (C=O) groups is 1. The summed E-state index contributed by atoms with van der Waals surface area (Å²) in [4.78, 5) is 22.1. The molecule has 1 N–H and O–H groups in total. The Balaban J connectivity index is 1.10. The van der Waals surface area contributed by atoms with Crippen molar-refractivity contribution in [2.24, 2.45) is 0 Å². The van der Waals surface area contributed by atoms with Gasteiger partial charge in [0.25, 0.3) is 5.91 Å². The van der Waals surface area contributed by atoms with Gasteiger partial charge in [0.05, 0.1) is 36.0 Å². The molecule has 4 bridgehead atoms. The molecule has 1 saturated heterocycles. The first-order chi connectivity index (χ1) is 24.5. The van der Waals surface area contributed by atoms with Crippen molar-refractivity contribution in [1.29, 1.82) is 0 Å². The van der Waals surface area contributed by atoms with E-state index in [1.807, 2.05) is 42.5 Å². The fourth-order valence-electron chi connectivity index (χ4n) is 6.81. The average molecular weight is 665 g/mol. The lowest BCUT2D eigenvalue weighted by Gasteiger charge is -2.27. The molecule has 0 aliphatic carbocycles. The molecule has 1 atom stereocenters. The van der Waals surface area contributed by atoms with E-state index in [-0.39, 0.29) is 12.0 Å². The number of aromatic nitrogens is 3. The van der Waals surface area contributed by atoms with Gasteiger partial charge in [-0.05, 0) is 90.4 Å². The number of pyridine rings is 1. The molecule has 2 aliphatic rings. The predicted molar refractivity (Wildman–Crippen MR) is 195 cm³/mol. The van der Waals surface area contributed by atoms with Gasteiger partial charge in [-0.25, -0.2) is 9.97 Å². The normalized spacial score (nSPS) is 15.6. The number of nitrogens with zero attached hydrogens (tertiary/aromatic N) is 3. The third-order valence-electron chi connectivity index (χ3n) is 9.73. The Morgan fingerprint density at radius 3 is 2.52 bits per heavy atom. The number of hydrogen-bond acceptors (Lipinski definition) is 6. The minimum absolute atomic E-state index is 0.0960. The van der Waals surface area contributed by atoms with Crippen LogP contribution >= 0.6 is 0 Å². The summed E-state index contributed by atoms with van der Waals surface area (Å²) in [7, 11) is 1.64. The zero-order valence-corrected chi connectivity index (χ0v) is 28.4. The standard InChI is InChI=1S/C42H40N4O4/c1-27-8-17-37-38(21-27)46(25-35-18-20-48-35)40(44-37)24-33-15-14-32-23-39(33)49-19-4-5-30-22-31(28-9-11-29(12-10-28)42(47)43-2)13-16-34(30)26-50-41-7-3-6-36(32)45-41/h3,6-17,21-23,35H,4-5,18-20,24-26H2,1-2H3,(H,43,47). The Labute approximate surface area is 292 Å². The van der Waals surface area contributed by atoms with Crippen molar-refractivity contribution < 1.29 is 19.0 Å². The fraction of sp³-hybridized carbons (Fsp3) is 0.262. The van der Waals surface area contributed by atoms with E-state index in [1.54, 1.807) is 7.05 Å². The maximum absolute atomic E-state index is 12.1. The highest BCUT2D eigenvalue weighted by Gasteiger charge is 2.23. The van der Waals surface area contributed by atoms with Crippen molar-refractivity contribution in [3.8, 4) is 34.0 Å². The molecule has 1 amide bonds. The Hall–Kier alpha value is -5.47. The second-order valence-electron chi connectivity index (χ2n) is 13.2. The highest BCUT2D eigenvalue weighted by Crippen LogP contribution is 2.32. The summed E-state index contributed by atoms with van der Waals surface area (Å²) in [6.45, 7) is 4.71. The maximum atomic E-state index is 12.1. The topological polar surface area (TPSA) is 87.5 Å². The second-order valence-corrected chi connectivity index (χ2v) is 13.2. The summed E-state index contributed by atoms with van der Waals surface area (Å²) in [5.74, 6) is 2.33. The monoisotopic (exact) mass is 664 g/mol. The van der Waals surface area contributed by atoms with E-state index < -0.39 is 0 Å². The maximum Gasteiger partial charge on any atom is 0.251 e. The lowest BCUT2D eigenvalue weighted by molar-refractivity contribution is -0.0589. The van der Waals surface area contributed by atoms with Crippen LogP contribution in [0, 0.1) is 6.92 Å². The van der Waals surface area contributed by atoms with Crippen LogP contribution in [0.15, 0.2) is 97.1 Å². The quantitative estimate of drug-likeness (QED) is 0.196. The van der Waals surface area contributed by atoms with Crippen molar-refractivity contribution >= 4 is 16.9 Å². The van der Waals surface area contributed by atoms with Crippen LogP contribution in [0.4, 0.5) is 0 Å². The van der Waals surface area contributed by atoms with Gasteiger partial charge in [-0.2, -0.15) is 0 Å². The first-order valence-electron chi connectivity index (χ1n) is 17.4. The van der Waals surface area contributed by atoms with Gasteiger partial charge in [-0.1, -0.05) is 54.6 Å². The molecule has 6 aromatic rings. The molecule has 0 radical (unpaired) electrons. The van der Waals surface area contributed by atoms with E-state index in [9.17, 15) is 4.79 Å². The van der Waals surface area contributed by atoms with Crippen molar-refractivity contribution in [2.45, 2.75) is 51.9 Å².